The van der Waals surface area contributed by atoms with Crippen molar-refractivity contribution < 1.29 is 4.79 Å². The summed E-state index contributed by atoms with van der Waals surface area (Å²) in [6, 6.07) is 9.64. The maximum atomic E-state index is 12.6. The number of hydrogen-bond donors (Lipinski definition) is 1. The van der Waals surface area contributed by atoms with Crippen molar-refractivity contribution in [2.24, 2.45) is 0 Å². The largest absolute Gasteiger partial charge is 0.336 e. The van der Waals surface area contributed by atoms with Gasteiger partial charge in [-0.3, -0.25) is 4.90 Å². The highest BCUT2D eigenvalue weighted by molar-refractivity contribution is 5.74. The Kier molecular flexibility index (Phi) is 5.43. The number of urea groups is 1. The van der Waals surface area contributed by atoms with E-state index in [0.717, 1.165) is 45.4 Å². The Labute approximate surface area is 161 Å². The van der Waals surface area contributed by atoms with E-state index in [1.54, 1.807) is 12.5 Å². The van der Waals surface area contributed by atoms with Crippen molar-refractivity contribution in [3.8, 4) is 0 Å². The minimum absolute atomic E-state index is 0.0542. The van der Waals surface area contributed by atoms with Crippen molar-refractivity contribution in [1.82, 2.24) is 24.7 Å². The first-order chi connectivity index (χ1) is 13.2. The zero-order valence-corrected chi connectivity index (χ0v) is 16.1. The van der Waals surface area contributed by atoms with Gasteiger partial charge in [0.25, 0.3) is 0 Å². The Morgan fingerprint density at radius 2 is 1.96 bits per heavy atom. The van der Waals surface area contributed by atoms with E-state index in [9.17, 15) is 4.79 Å². The second-order valence-corrected chi connectivity index (χ2v) is 7.75. The van der Waals surface area contributed by atoms with Gasteiger partial charge in [0.1, 0.15) is 0 Å². The van der Waals surface area contributed by atoms with Gasteiger partial charge in [0.05, 0.1) is 6.33 Å². The minimum atomic E-state index is 0.0542. The molecule has 2 amide bonds. The van der Waals surface area contributed by atoms with E-state index in [-0.39, 0.29) is 12.1 Å². The fourth-order valence-electron chi connectivity index (χ4n) is 4.28. The van der Waals surface area contributed by atoms with Crippen LogP contribution in [0.2, 0.25) is 0 Å². The number of hydrogen-bond acceptors (Lipinski definition) is 3. The zero-order valence-electron chi connectivity index (χ0n) is 16.1. The molecule has 1 aromatic heterocycles. The standard InChI is InChI=1S/C21H29N5O/c1-17(26-10-7-22-16-26)15-23-21(27)25-9-4-8-24(11-12-25)20-13-18-5-2-3-6-19(18)14-20/h2-3,5-7,10,16-17,20H,4,8-9,11-15H2,1H3,(H,23,27). The fourth-order valence-corrected chi connectivity index (χ4v) is 4.28. The molecule has 27 heavy (non-hydrogen) atoms. The predicted molar refractivity (Wildman–Crippen MR) is 106 cm³/mol. The van der Waals surface area contributed by atoms with Gasteiger partial charge in [0, 0.05) is 57.2 Å². The van der Waals surface area contributed by atoms with Gasteiger partial charge in [-0.2, -0.15) is 0 Å². The molecule has 2 heterocycles. The lowest BCUT2D eigenvalue weighted by Gasteiger charge is -2.27. The number of aromatic nitrogens is 2. The van der Waals surface area contributed by atoms with E-state index in [4.69, 9.17) is 0 Å². The maximum Gasteiger partial charge on any atom is 0.317 e. The molecule has 1 aliphatic carbocycles. The van der Waals surface area contributed by atoms with Crippen LogP contribution in [0.4, 0.5) is 4.79 Å². The van der Waals surface area contributed by atoms with Crippen molar-refractivity contribution in [3.05, 3.63) is 54.1 Å². The van der Waals surface area contributed by atoms with Gasteiger partial charge in [-0.25, -0.2) is 9.78 Å². The first kappa shape index (κ1) is 18.0. The van der Waals surface area contributed by atoms with Crippen molar-refractivity contribution in [3.63, 3.8) is 0 Å². The van der Waals surface area contributed by atoms with E-state index < -0.39 is 0 Å². The SMILES string of the molecule is CC(CNC(=O)N1CCCN(C2Cc3ccccc3C2)CC1)n1ccnc1. The fraction of sp³-hybridized carbons (Fsp3) is 0.524. The predicted octanol–water partition coefficient (Wildman–Crippen LogP) is 2.33. The van der Waals surface area contributed by atoms with Gasteiger partial charge < -0.3 is 14.8 Å². The molecule has 6 nitrogen and oxygen atoms in total. The van der Waals surface area contributed by atoms with Crippen LogP contribution in [0.1, 0.15) is 30.5 Å². The Hall–Kier alpha value is -2.34. The summed E-state index contributed by atoms with van der Waals surface area (Å²) in [6.45, 7) is 6.38. The molecular weight excluding hydrogens is 338 g/mol. The molecule has 1 fully saturated rings. The number of nitrogens with one attached hydrogen (secondary N) is 1. The number of amides is 2. The molecule has 4 rings (SSSR count). The second kappa shape index (κ2) is 8.13. The lowest BCUT2D eigenvalue weighted by atomic mass is 10.1. The van der Waals surface area contributed by atoms with Crippen molar-refractivity contribution in [2.75, 3.05) is 32.7 Å². The topological polar surface area (TPSA) is 53.4 Å². The lowest BCUT2D eigenvalue weighted by molar-refractivity contribution is 0.188. The van der Waals surface area contributed by atoms with Gasteiger partial charge in [-0.05, 0) is 37.3 Å². The number of imidazole rings is 1. The smallest absolute Gasteiger partial charge is 0.317 e. The third-order valence-electron chi connectivity index (χ3n) is 5.95. The Morgan fingerprint density at radius 3 is 2.67 bits per heavy atom. The highest BCUT2D eigenvalue weighted by Gasteiger charge is 2.28. The molecule has 6 heteroatoms. The molecule has 2 aliphatic rings. The van der Waals surface area contributed by atoms with Crippen LogP contribution in [-0.2, 0) is 12.8 Å². The molecule has 1 N–H and O–H groups in total. The van der Waals surface area contributed by atoms with Crippen molar-refractivity contribution in [2.45, 2.75) is 38.3 Å². The molecule has 1 aromatic carbocycles. The summed E-state index contributed by atoms with van der Waals surface area (Å²) in [5, 5.41) is 3.09. The van der Waals surface area contributed by atoms with Crippen LogP contribution < -0.4 is 5.32 Å². The van der Waals surface area contributed by atoms with Crippen LogP contribution in [0.3, 0.4) is 0 Å². The van der Waals surface area contributed by atoms with Gasteiger partial charge >= 0.3 is 6.03 Å². The number of carbonyl (C=O) groups is 1. The van der Waals surface area contributed by atoms with Crippen LogP contribution in [0, 0.1) is 0 Å². The maximum absolute atomic E-state index is 12.6. The molecule has 0 spiro atoms. The van der Waals surface area contributed by atoms with E-state index in [0.29, 0.717) is 12.6 Å². The van der Waals surface area contributed by atoms with Crippen LogP contribution in [0.15, 0.2) is 43.0 Å². The Balaban J connectivity index is 1.27. The van der Waals surface area contributed by atoms with Gasteiger partial charge in [0.2, 0.25) is 0 Å². The summed E-state index contributed by atoms with van der Waals surface area (Å²) in [5.41, 5.74) is 2.99. The Bertz CT molecular complexity index is 735. The lowest BCUT2D eigenvalue weighted by Crippen LogP contribution is -2.44. The monoisotopic (exact) mass is 367 g/mol. The molecular formula is C21H29N5O. The number of carbonyl (C=O) groups excluding carboxylic acids is 1. The quantitative estimate of drug-likeness (QED) is 0.902. The number of rotatable bonds is 4. The number of benzene rings is 1. The summed E-state index contributed by atoms with van der Waals surface area (Å²) in [5.74, 6) is 0. The van der Waals surface area contributed by atoms with Crippen molar-refractivity contribution >= 4 is 6.03 Å². The van der Waals surface area contributed by atoms with E-state index >= 15 is 0 Å². The average Bonchev–Trinajstić information content (AvgIpc) is 3.30. The van der Waals surface area contributed by atoms with E-state index in [1.165, 1.54) is 11.1 Å². The molecule has 144 valence electrons. The number of nitrogens with zero attached hydrogens (tertiary/aromatic N) is 4. The Morgan fingerprint density at radius 1 is 1.19 bits per heavy atom. The molecule has 1 atom stereocenters. The second-order valence-electron chi connectivity index (χ2n) is 7.75. The van der Waals surface area contributed by atoms with Crippen LogP contribution >= 0.6 is 0 Å². The minimum Gasteiger partial charge on any atom is -0.336 e. The normalized spacial score (nSPS) is 19.5. The molecule has 1 aliphatic heterocycles. The van der Waals surface area contributed by atoms with E-state index in [1.807, 2.05) is 15.7 Å². The third-order valence-corrected chi connectivity index (χ3v) is 5.95. The third kappa shape index (κ3) is 4.16. The highest BCUT2D eigenvalue weighted by atomic mass is 16.2. The first-order valence-electron chi connectivity index (χ1n) is 10.0. The average molecular weight is 367 g/mol. The van der Waals surface area contributed by atoms with Gasteiger partial charge in [-0.15, -0.1) is 0 Å². The first-order valence-corrected chi connectivity index (χ1v) is 10.0. The van der Waals surface area contributed by atoms with Crippen molar-refractivity contribution in [1.29, 1.82) is 0 Å². The van der Waals surface area contributed by atoms with Crippen LogP contribution in [-0.4, -0.2) is 64.1 Å². The molecule has 1 saturated heterocycles. The summed E-state index contributed by atoms with van der Waals surface area (Å²) in [4.78, 5) is 21.2. The summed E-state index contributed by atoms with van der Waals surface area (Å²) >= 11 is 0. The summed E-state index contributed by atoms with van der Waals surface area (Å²) in [6.07, 6.45) is 8.82. The zero-order chi connectivity index (χ0) is 18.6. The molecule has 0 saturated carbocycles. The number of fused-ring (bicyclic) bond motifs is 1. The van der Waals surface area contributed by atoms with Gasteiger partial charge in [0.15, 0.2) is 0 Å². The summed E-state index contributed by atoms with van der Waals surface area (Å²) < 4.78 is 2.02. The molecule has 2 aromatic rings. The highest BCUT2D eigenvalue weighted by Crippen LogP contribution is 2.26. The van der Waals surface area contributed by atoms with E-state index in [2.05, 4.69) is 46.4 Å². The van der Waals surface area contributed by atoms with Crippen LogP contribution in [0.25, 0.3) is 0 Å². The summed E-state index contributed by atoms with van der Waals surface area (Å²) in [7, 11) is 0. The molecule has 0 radical (unpaired) electrons. The van der Waals surface area contributed by atoms with Gasteiger partial charge in [-0.1, -0.05) is 24.3 Å². The molecule has 0 bridgehead atoms. The molecule has 1 unspecified atom stereocenters. The van der Waals surface area contributed by atoms with Crippen LogP contribution in [0.5, 0.6) is 0 Å².